The first kappa shape index (κ1) is 14.4. The molecule has 3 aliphatic rings. The van der Waals surface area contributed by atoms with Crippen LogP contribution in [0.2, 0.25) is 0 Å². The van der Waals surface area contributed by atoms with Gasteiger partial charge in [-0.2, -0.15) is 0 Å². The van der Waals surface area contributed by atoms with E-state index in [4.69, 9.17) is 9.47 Å². The number of likely N-dealkylation sites (tertiary alicyclic amines) is 1. The van der Waals surface area contributed by atoms with Crippen LogP contribution in [0.15, 0.2) is 18.3 Å². The first-order valence-electron chi connectivity index (χ1n) is 7.91. The van der Waals surface area contributed by atoms with Crippen LogP contribution >= 0.6 is 0 Å². The normalized spacial score (nSPS) is 29.4. The van der Waals surface area contributed by atoms with Crippen molar-refractivity contribution in [1.29, 1.82) is 0 Å². The van der Waals surface area contributed by atoms with Crippen molar-refractivity contribution in [3.63, 3.8) is 0 Å². The molecule has 1 spiro atoms. The summed E-state index contributed by atoms with van der Waals surface area (Å²) in [6.45, 7) is 1.96. The fraction of sp³-hybridized carbons (Fsp3) is 0.562. The maximum Gasteiger partial charge on any atom is 0.254 e. The highest BCUT2D eigenvalue weighted by Gasteiger charge is 2.61. The highest BCUT2D eigenvalue weighted by molar-refractivity contribution is 5.96. The number of pyridine rings is 1. The summed E-state index contributed by atoms with van der Waals surface area (Å²) in [5, 5.41) is 0. The molecule has 0 radical (unpaired) electrons. The summed E-state index contributed by atoms with van der Waals surface area (Å²) in [7, 11) is 1.52. The van der Waals surface area contributed by atoms with Gasteiger partial charge in [0.05, 0.1) is 26.2 Å². The van der Waals surface area contributed by atoms with Crippen LogP contribution in [0.3, 0.4) is 0 Å². The number of carbonyl (C=O) groups is 2. The molecule has 1 aromatic heterocycles. The van der Waals surface area contributed by atoms with Crippen LogP contribution in [-0.4, -0.2) is 65.2 Å². The molecule has 2 atom stereocenters. The van der Waals surface area contributed by atoms with E-state index >= 15 is 0 Å². The van der Waals surface area contributed by atoms with E-state index in [0.717, 1.165) is 13.0 Å². The largest absolute Gasteiger partial charge is 0.481 e. The first-order chi connectivity index (χ1) is 11.2. The van der Waals surface area contributed by atoms with E-state index in [1.54, 1.807) is 23.2 Å². The number of methoxy groups -OCH3 is 1. The molecule has 0 aliphatic carbocycles. The summed E-state index contributed by atoms with van der Waals surface area (Å²) in [5.41, 5.74) is -0.0853. The van der Waals surface area contributed by atoms with E-state index in [2.05, 4.69) is 4.98 Å². The minimum absolute atomic E-state index is 0.0829. The van der Waals surface area contributed by atoms with E-state index in [-0.39, 0.29) is 17.9 Å². The van der Waals surface area contributed by atoms with Gasteiger partial charge in [-0.05, 0) is 12.5 Å². The van der Waals surface area contributed by atoms with E-state index in [9.17, 15) is 9.59 Å². The molecule has 3 fully saturated rings. The number of aromatic nitrogens is 1. The second kappa shape index (κ2) is 5.19. The van der Waals surface area contributed by atoms with Crippen LogP contribution in [0.5, 0.6) is 5.88 Å². The van der Waals surface area contributed by atoms with E-state index in [0.29, 0.717) is 37.4 Å². The maximum absolute atomic E-state index is 12.9. The van der Waals surface area contributed by atoms with Crippen LogP contribution in [0.25, 0.3) is 0 Å². The topological polar surface area (TPSA) is 72.0 Å². The standard InChI is InChI=1S/C16H19N3O4/c1-22-13-9-11(3-5-17-13)15(21)18-7-4-16-12(18)10-14(20)19(16)6-2-8-23-16/h3,5,9,12H,2,4,6-8,10H2,1H3/t12-,16+/m1/s1. The summed E-state index contributed by atoms with van der Waals surface area (Å²) in [6.07, 6.45) is 3.43. The third-order valence-electron chi connectivity index (χ3n) is 5.06. The van der Waals surface area contributed by atoms with Crippen LogP contribution in [-0.2, 0) is 9.53 Å². The van der Waals surface area contributed by atoms with Gasteiger partial charge >= 0.3 is 0 Å². The minimum Gasteiger partial charge on any atom is -0.481 e. The van der Waals surface area contributed by atoms with E-state index in [1.807, 2.05) is 4.90 Å². The molecule has 2 amide bonds. The highest BCUT2D eigenvalue weighted by Crippen LogP contribution is 2.45. The molecule has 1 aromatic rings. The minimum atomic E-state index is -0.609. The lowest BCUT2D eigenvalue weighted by Crippen LogP contribution is -2.56. The van der Waals surface area contributed by atoms with Gasteiger partial charge in [-0.15, -0.1) is 0 Å². The molecule has 0 bridgehead atoms. The SMILES string of the molecule is COc1cc(C(=O)N2CC[C@@]34OCCCN3C(=O)C[C@@H]24)ccn1. The lowest BCUT2D eigenvalue weighted by molar-refractivity contribution is -0.179. The van der Waals surface area contributed by atoms with Gasteiger partial charge in [-0.25, -0.2) is 4.98 Å². The van der Waals surface area contributed by atoms with Gasteiger partial charge in [0.2, 0.25) is 11.8 Å². The highest BCUT2D eigenvalue weighted by atomic mass is 16.5. The van der Waals surface area contributed by atoms with E-state index in [1.165, 1.54) is 7.11 Å². The Kier molecular flexibility index (Phi) is 3.26. The molecule has 7 nitrogen and oxygen atoms in total. The molecule has 23 heavy (non-hydrogen) atoms. The van der Waals surface area contributed by atoms with Crippen molar-refractivity contribution in [3.05, 3.63) is 23.9 Å². The second-order valence-electron chi connectivity index (χ2n) is 6.15. The zero-order valence-corrected chi connectivity index (χ0v) is 13.0. The molecule has 0 aromatic carbocycles. The second-order valence-corrected chi connectivity index (χ2v) is 6.15. The summed E-state index contributed by atoms with van der Waals surface area (Å²) in [6, 6.07) is 3.09. The van der Waals surface area contributed by atoms with Crippen molar-refractivity contribution in [2.75, 3.05) is 26.8 Å². The van der Waals surface area contributed by atoms with Crippen molar-refractivity contribution in [2.24, 2.45) is 0 Å². The quantitative estimate of drug-likeness (QED) is 0.801. The molecule has 7 heteroatoms. The number of rotatable bonds is 2. The van der Waals surface area contributed by atoms with Crippen LogP contribution < -0.4 is 4.74 Å². The summed E-state index contributed by atoms with van der Waals surface area (Å²) in [4.78, 5) is 32.8. The monoisotopic (exact) mass is 317 g/mol. The molecule has 4 rings (SSSR count). The lowest BCUT2D eigenvalue weighted by Gasteiger charge is -2.42. The fourth-order valence-electron chi connectivity index (χ4n) is 4.01. The summed E-state index contributed by atoms with van der Waals surface area (Å²) >= 11 is 0. The molecule has 3 saturated heterocycles. The molecule has 4 heterocycles. The average molecular weight is 317 g/mol. The Labute approximate surface area is 134 Å². The molecule has 0 N–H and O–H groups in total. The molecule has 3 aliphatic heterocycles. The predicted octanol–water partition coefficient (Wildman–Crippen LogP) is 0.654. The predicted molar refractivity (Wildman–Crippen MR) is 79.9 cm³/mol. The zero-order valence-electron chi connectivity index (χ0n) is 13.0. The number of hydrogen-bond acceptors (Lipinski definition) is 5. The number of ether oxygens (including phenoxy) is 2. The van der Waals surface area contributed by atoms with Gasteiger partial charge < -0.3 is 19.3 Å². The third kappa shape index (κ3) is 2.03. The van der Waals surface area contributed by atoms with Gasteiger partial charge in [0, 0.05) is 37.3 Å². The smallest absolute Gasteiger partial charge is 0.254 e. The Hall–Kier alpha value is -2.15. The zero-order chi connectivity index (χ0) is 16.0. The Morgan fingerprint density at radius 3 is 3.17 bits per heavy atom. The van der Waals surface area contributed by atoms with Gasteiger partial charge in [-0.1, -0.05) is 0 Å². The molecule has 0 unspecified atom stereocenters. The number of nitrogens with zero attached hydrogens (tertiary/aromatic N) is 3. The van der Waals surface area contributed by atoms with Crippen molar-refractivity contribution in [2.45, 2.75) is 31.0 Å². The molecular weight excluding hydrogens is 298 g/mol. The number of hydrogen-bond donors (Lipinski definition) is 0. The molecule has 0 saturated carbocycles. The van der Waals surface area contributed by atoms with Crippen LogP contribution in [0, 0.1) is 0 Å². The van der Waals surface area contributed by atoms with Gasteiger partial charge in [0.25, 0.3) is 5.91 Å². The summed E-state index contributed by atoms with van der Waals surface area (Å²) < 4.78 is 11.1. The Bertz CT molecular complexity index is 664. The van der Waals surface area contributed by atoms with Crippen molar-refractivity contribution in [1.82, 2.24) is 14.8 Å². The Morgan fingerprint density at radius 1 is 1.48 bits per heavy atom. The van der Waals surface area contributed by atoms with Gasteiger partial charge in [-0.3, -0.25) is 9.59 Å². The molecule has 122 valence electrons. The van der Waals surface area contributed by atoms with Crippen molar-refractivity contribution < 1.29 is 19.1 Å². The van der Waals surface area contributed by atoms with Gasteiger partial charge in [0.1, 0.15) is 0 Å². The number of amides is 2. The van der Waals surface area contributed by atoms with Crippen molar-refractivity contribution in [3.8, 4) is 5.88 Å². The van der Waals surface area contributed by atoms with Crippen molar-refractivity contribution >= 4 is 11.8 Å². The number of carbonyl (C=O) groups excluding carboxylic acids is 2. The van der Waals surface area contributed by atoms with Crippen LogP contribution in [0.4, 0.5) is 0 Å². The average Bonchev–Trinajstić information content (AvgIpc) is 3.06. The molecular formula is C16H19N3O4. The fourth-order valence-corrected chi connectivity index (χ4v) is 4.01. The third-order valence-corrected chi connectivity index (χ3v) is 5.06. The summed E-state index contributed by atoms with van der Waals surface area (Å²) in [5.74, 6) is 0.388. The Morgan fingerprint density at radius 2 is 2.35 bits per heavy atom. The van der Waals surface area contributed by atoms with E-state index < -0.39 is 5.72 Å². The maximum atomic E-state index is 12.9. The van der Waals surface area contributed by atoms with Crippen LogP contribution in [0.1, 0.15) is 29.6 Å². The lowest BCUT2D eigenvalue weighted by atomic mass is 10.0. The first-order valence-corrected chi connectivity index (χ1v) is 7.91. The van der Waals surface area contributed by atoms with Gasteiger partial charge in [0.15, 0.2) is 5.72 Å². The Balaban J connectivity index is 1.63.